The smallest absolute Gasteiger partial charge is 0.160 e. The van der Waals surface area contributed by atoms with Crippen molar-refractivity contribution in [3.63, 3.8) is 0 Å². The summed E-state index contributed by atoms with van der Waals surface area (Å²) in [6, 6.07) is 48.7. The molecule has 6 heterocycles. The third kappa shape index (κ3) is 6.31. The van der Waals surface area contributed by atoms with E-state index in [9.17, 15) is 0 Å². The lowest BCUT2D eigenvalue weighted by atomic mass is 9.99. The van der Waals surface area contributed by atoms with Crippen LogP contribution in [0.2, 0.25) is 0 Å². The molecule has 0 aliphatic carbocycles. The molecule has 4 aromatic carbocycles. The maximum Gasteiger partial charge on any atom is 0.160 e. The van der Waals surface area contributed by atoms with Gasteiger partial charge in [-0.25, -0.2) is 19.9 Å². The fraction of sp³-hybridized carbons (Fsp3) is 0. The minimum atomic E-state index is 0.649. The van der Waals surface area contributed by atoms with Gasteiger partial charge in [0.1, 0.15) is 0 Å². The van der Waals surface area contributed by atoms with Gasteiger partial charge in [0.25, 0.3) is 0 Å². The number of rotatable bonds is 7. The Morgan fingerprint density at radius 3 is 1.18 bits per heavy atom. The first-order chi connectivity index (χ1) is 27.7. The molecule has 0 atom stereocenters. The maximum absolute atomic E-state index is 5.19. The first-order valence-corrected chi connectivity index (χ1v) is 18.2. The normalized spacial score (nSPS) is 11.2. The lowest BCUT2D eigenvalue weighted by molar-refractivity contribution is 1.21. The highest BCUT2D eigenvalue weighted by Crippen LogP contribution is 2.36. The minimum absolute atomic E-state index is 0.649. The molecule has 0 aliphatic rings. The Hall–Kier alpha value is -7.84. The number of nitrogens with zero attached hydrogens (tertiary/aromatic N) is 8. The van der Waals surface area contributed by atoms with Gasteiger partial charge >= 0.3 is 0 Å². The first-order valence-electron chi connectivity index (χ1n) is 18.2. The van der Waals surface area contributed by atoms with E-state index >= 15 is 0 Å². The molecule has 0 bridgehead atoms. The third-order valence-corrected chi connectivity index (χ3v) is 9.77. The minimum Gasteiger partial charge on any atom is -0.264 e. The molecule has 8 nitrogen and oxygen atoms in total. The standard InChI is InChI=1S/C48H30N8/c1-3-9-31(10-4-1)47-53-41-17-15-33(37-13-7-21-49-29-37)25-39(41)45(55-47)35-19-23-51-43(27-35)44-28-36(20-24-52-44)46-40-26-34(38-14-8-22-50-30-38)16-18-42(40)54-48(56-46)32-11-5-2-6-12-32/h1-30H. The topological polar surface area (TPSA) is 103 Å². The molecule has 8 heteroatoms. The van der Waals surface area contributed by atoms with E-state index in [1.165, 1.54) is 0 Å². The Bertz CT molecular complexity index is 2800. The average Bonchev–Trinajstić information content (AvgIpc) is 3.29. The molecule has 0 saturated heterocycles. The van der Waals surface area contributed by atoms with Crippen molar-refractivity contribution in [2.45, 2.75) is 0 Å². The van der Waals surface area contributed by atoms with Gasteiger partial charge in [0, 0.05) is 81.3 Å². The van der Waals surface area contributed by atoms with Crippen LogP contribution in [0.1, 0.15) is 0 Å². The fourth-order valence-corrected chi connectivity index (χ4v) is 6.99. The van der Waals surface area contributed by atoms with E-state index < -0.39 is 0 Å². The summed E-state index contributed by atoms with van der Waals surface area (Å²) in [5.41, 5.74) is 12.5. The van der Waals surface area contributed by atoms with Crippen molar-refractivity contribution in [3.8, 4) is 78.9 Å². The van der Waals surface area contributed by atoms with Crippen LogP contribution in [0.3, 0.4) is 0 Å². The van der Waals surface area contributed by atoms with Crippen LogP contribution in [0.15, 0.2) is 183 Å². The molecule has 10 rings (SSSR count). The van der Waals surface area contributed by atoms with Gasteiger partial charge in [-0.3, -0.25) is 19.9 Å². The third-order valence-electron chi connectivity index (χ3n) is 9.77. The molecular formula is C48H30N8. The second-order valence-corrected chi connectivity index (χ2v) is 13.3. The number of benzene rings is 4. The van der Waals surface area contributed by atoms with E-state index in [4.69, 9.17) is 29.9 Å². The van der Waals surface area contributed by atoms with Crippen molar-refractivity contribution in [1.82, 2.24) is 39.9 Å². The van der Waals surface area contributed by atoms with E-state index in [0.29, 0.717) is 23.0 Å². The zero-order valence-corrected chi connectivity index (χ0v) is 29.9. The van der Waals surface area contributed by atoms with Crippen molar-refractivity contribution in [1.29, 1.82) is 0 Å². The summed E-state index contributed by atoms with van der Waals surface area (Å²) >= 11 is 0. The van der Waals surface area contributed by atoms with Crippen LogP contribution in [0.25, 0.3) is 101 Å². The van der Waals surface area contributed by atoms with Crippen LogP contribution in [0.4, 0.5) is 0 Å². The highest BCUT2D eigenvalue weighted by atomic mass is 14.9. The molecule has 0 fully saturated rings. The van der Waals surface area contributed by atoms with Crippen LogP contribution >= 0.6 is 0 Å². The van der Waals surface area contributed by atoms with E-state index in [1.807, 2.05) is 122 Å². The van der Waals surface area contributed by atoms with Gasteiger partial charge in [-0.15, -0.1) is 0 Å². The Morgan fingerprint density at radius 2 is 0.750 bits per heavy atom. The van der Waals surface area contributed by atoms with Crippen LogP contribution in [0.5, 0.6) is 0 Å². The zero-order valence-electron chi connectivity index (χ0n) is 29.9. The van der Waals surface area contributed by atoms with E-state index in [-0.39, 0.29) is 0 Å². The summed E-state index contributed by atoms with van der Waals surface area (Å²) < 4.78 is 0. The van der Waals surface area contributed by atoms with Crippen molar-refractivity contribution in [2.75, 3.05) is 0 Å². The molecule has 0 radical (unpaired) electrons. The summed E-state index contributed by atoms with van der Waals surface area (Å²) in [6.07, 6.45) is 10.9. The molecule has 10 aromatic rings. The summed E-state index contributed by atoms with van der Waals surface area (Å²) in [5.74, 6) is 1.30. The van der Waals surface area contributed by atoms with Crippen LogP contribution in [-0.4, -0.2) is 39.9 Å². The number of fused-ring (bicyclic) bond motifs is 2. The van der Waals surface area contributed by atoms with E-state index in [0.717, 1.165) is 77.7 Å². The number of aromatic nitrogens is 8. The quantitative estimate of drug-likeness (QED) is 0.160. The van der Waals surface area contributed by atoms with Crippen molar-refractivity contribution in [3.05, 3.63) is 183 Å². The van der Waals surface area contributed by atoms with E-state index in [1.54, 1.807) is 12.4 Å². The van der Waals surface area contributed by atoms with Crippen LogP contribution in [-0.2, 0) is 0 Å². The largest absolute Gasteiger partial charge is 0.264 e. The molecule has 6 aromatic heterocycles. The Morgan fingerprint density at radius 1 is 0.304 bits per heavy atom. The molecule has 0 unspecified atom stereocenters. The molecule has 0 saturated carbocycles. The van der Waals surface area contributed by atoms with Crippen molar-refractivity contribution in [2.24, 2.45) is 0 Å². The number of hydrogen-bond donors (Lipinski definition) is 0. The Labute approximate surface area is 322 Å². The van der Waals surface area contributed by atoms with E-state index in [2.05, 4.69) is 58.5 Å². The summed E-state index contributed by atoms with van der Waals surface area (Å²) in [4.78, 5) is 38.7. The SMILES string of the molecule is c1ccc(-c2nc(-c3ccnc(-c4cc(-c5nc(-c6ccccc6)nc6ccc(-c7cccnc7)cc56)ccn4)c3)c3cc(-c4cccnc4)ccc3n2)cc1. The van der Waals surface area contributed by atoms with Gasteiger partial charge in [0.15, 0.2) is 11.6 Å². The molecule has 0 N–H and O–H groups in total. The predicted octanol–water partition coefficient (Wildman–Crippen LogP) is 10.8. The molecule has 0 amide bonds. The van der Waals surface area contributed by atoms with Crippen LogP contribution < -0.4 is 0 Å². The fourth-order valence-electron chi connectivity index (χ4n) is 6.99. The Balaban J connectivity index is 1.12. The van der Waals surface area contributed by atoms with Crippen molar-refractivity contribution < 1.29 is 0 Å². The van der Waals surface area contributed by atoms with Gasteiger partial charge < -0.3 is 0 Å². The highest BCUT2D eigenvalue weighted by Gasteiger charge is 2.17. The lowest BCUT2D eigenvalue weighted by Crippen LogP contribution is -1.98. The highest BCUT2D eigenvalue weighted by molar-refractivity contribution is 5.98. The first kappa shape index (κ1) is 32.8. The zero-order chi connectivity index (χ0) is 37.3. The second-order valence-electron chi connectivity index (χ2n) is 13.3. The second kappa shape index (κ2) is 14.2. The summed E-state index contributed by atoms with van der Waals surface area (Å²) in [6.45, 7) is 0. The van der Waals surface area contributed by atoms with Gasteiger partial charge in [0.2, 0.25) is 0 Å². The van der Waals surface area contributed by atoms with Gasteiger partial charge in [-0.05, 0) is 71.8 Å². The maximum atomic E-state index is 5.19. The average molecular weight is 719 g/mol. The van der Waals surface area contributed by atoms with Gasteiger partial charge in [-0.1, -0.05) is 84.9 Å². The molecular weight excluding hydrogens is 689 g/mol. The number of hydrogen-bond acceptors (Lipinski definition) is 8. The molecule has 262 valence electrons. The molecule has 0 aliphatic heterocycles. The van der Waals surface area contributed by atoms with Crippen LogP contribution in [0, 0.1) is 0 Å². The monoisotopic (exact) mass is 718 g/mol. The molecule has 0 spiro atoms. The van der Waals surface area contributed by atoms with Crippen molar-refractivity contribution >= 4 is 21.8 Å². The molecule has 56 heavy (non-hydrogen) atoms. The summed E-state index contributed by atoms with van der Waals surface area (Å²) in [5, 5.41) is 1.85. The van der Waals surface area contributed by atoms with Gasteiger partial charge in [-0.2, -0.15) is 0 Å². The van der Waals surface area contributed by atoms with Gasteiger partial charge in [0.05, 0.1) is 33.8 Å². The Kier molecular flexibility index (Phi) is 8.31. The number of pyridine rings is 4. The predicted molar refractivity (Wildman–Crippen MR) is 222 cm³/mol. The lowest BCUT2D eigenvalue weighted by Gasteiger charge is -2.13. The summed E-state index contributed by atoms with van der Waals surface area (Å²) in [7, 11) is 0.